The fraction of sp³-hybridized carbons (Fsp3) is 0.333. The summed E-state index contributed by atoms with van der Waals surface area (Å²) in [5, 5.41) is 5.02. The number of hydrogen-bond donors (Lipinski definition) is 0. The Kier molecular flexibility index (Phi) is 5.98. The Balaban J connectivity index is 1.14. The van der Waals surface area contributed by atoms with E-state index in [0.717, 1.165) is 67.4 Å². The monoisotopic (exact) mass is 483 g/mol. The molecule has 1 amide bonds. The minimum atomic E-state index is 0.0255. The molecule has 4 aromatic rings. The summed E-state index contributed by atoms with van der Waals surface area (Å²) in [6.07, 6.45) is 1.65. The molecule has 4 heterocycles. The lowest BCUT2D eigenvalue weighted by Gasteiger charge is -2.36. The maximum absolute atomic E-state index is 13.4. The molecule has 2 aromatic carbocycles. The number of likely N-dealkylation sites (N-methyl/N-ethyl adjacent to an activating group) is 1. The highest BCUT2D eigenvalue weighted by molar-refractivity contribution is 6.01. The predicted molar refractivity (Wildman–Crippen MR) is 139 cm³/mol. The van der Waals surface area contributed by atoms with Gasteiger partial charge in [0, 0.05) is 69.6 Å². The molecule has 0 bridgehead atoms. The maximum Gasteiger partial charge on any atom is 0.254 e. The molecule has 6 rings (SSSR count). The normalized spacial score (nSPS) is 17.1. The van der Waals surface area contributed by atoms with Crippen LogP contribution in [0, 0.1) is 0 Å². The number of carbonyl (C=O) groups is 1. The van der Waals surface area contributed by atoms with Gasteiger partial charge in [-0.05, 0) is 25.2 Å². The van der Waals surface area contributed by atoms with Gasteiger partial charge in [0.1, 0.15) is 23.5 Å². The first kappa shape index (κ1) is 22.5. The van der Waals surface area contributed by atoms with E-state index in [-0.39, 0.29) is 5.91 Å². The molecule has 0 unspecified atom stereocenters. The van der Waals surface area contributed by atoms with Gasteiger partial charge in [-0.3, -0.25) is 4.79 Å². The van der Waals surface area contributed by atoms with Gasteiger partial charge in [0.2, 0.25) is 0 Å². The minimum absolute atomic E-state index is 0.0255. The molecule has 2 aromatic heterocycles. The number of fused-ring (bicyclic) bond motifs is 1. The second-order valence-electron chi connectivity index (χ2n) is 9.41. The highest BCUT2D eigenvalue weighted by Crippen LogP contribution is 2.29. The van der Waals surface area contributed by atoms with Crippen LogP contribution in [0.5, 0.6) is 0 Å². The zero-order valence-corrected chi connectivity index (χ0v) is 20.4. The van der Waals surface area contributed by atoms with E-state index < -0.39 is 0 Å². The van der Waals surface area contributed by atoms with Crippen molar-refractivity contribution in [2.45, 2.75) is 0 Å². The number of aromatic nitrogens is 3. The van der Waals surface area contributed by atoms with E-state index >= 15 is 0 Å². The van der Waals surface area contributed by atoms with Crippen molar-refractivity contribution in [3.63, 3.8) is 0 Å². The molecule has 9 heteroatoms. The van der Waals surface area contributed by atoms with Crippen LogP contribution in [0.2, 0.25) is 0 Å². The zero-order valence-electron chi connectivity index (χ0n) is 20.4. The third kappa shape index (κ3) is 4.37. The average Bonchev–Trinajstić information content (AvgIpc) is 3.37. The lowest BCUT2D eigenvalue weighted by Crippen LogP contribution is -2.49. The summed E-state index contributed by atoms with van der Waals surface area (Å²) in [5.41, 5.74) is 2.34. The fourth-order valence-electron chi connectivity index (χ4n) is 4.91. The van der Waals surface area contributed by atoms with Crippen molar-refractivity contribution in [2.75, 3.05) is 69.2 Å². The van der Waals surface area contributed by atoms with Crippen LogP contribution in [-0.2, 0) is 0 Å². The number of piperazine rings is 2. The predicted octanol–water partition coefficient (Wildman–Crippen LogP) is 3.00. The standard InChI is InChI=1S/C27H29N7O2/c1-31-9-11-32(12-10-31)24-18-25(29-19-28-24)33-13-15-34(16-14-33)27(35)21-7-8-23-22(17-21)26(36-30-23)20-5-3-2-4-6-20/h2-8,17-19H,9-16H2,1H3. The topological polar surface area (TPSA) is 81.8 Å². The van der Waals surface area contributed by atoms with Crippen LogP contribution in [0.15, 0.2) is 65.4 Å². The van der Waals surface area contributed by atoms with Gasteiger partial charge in [-0.1, -0.05) is 35.5 Å². The number of hydrogen-bond acceptors (Lipinski definition) is 8. The van der Waals surface area contributed by atoms with Crippen LogP contribution in [0.4, 0.5) is 11.6 Å². The molecule has 0 spiro atoms. The first-order chi connectivity index (χ1) is 17.7. The summed E-state index contributed by atoms with van der Waals surface area (Å²) >= 11 is 0. The maximum atomic E-state index is 13.4. The lowest BCUT2D eigenvalue weighted by molar-refractivity contribution is 0.0746. The molecule has 184 valence electrons. The lowest BCUT2D eigenvalue weighted by atomic mass is 10.1. The highest BCUT2D eigenvalue weighted by atomic mass is 16.5. The van der Waals surface area contributed by atoms with Gasteiger partial charge < -0.3 is 24.1 Å². The fourth-order valence-corrected chi connectivity index (χ4v) is 4.91. The number of rotatable bonds is 4. The largest absolute Gasteiger partial charge is 0.355 e. The minimum Gasteiger partial charge on any atom is -0.355 e. The summed E-state index contributed by atoms with van der Waals surface area (Å²) in [6, 6.07) is 17.5. The number of amides is 1. The van der Waals surface area contributed by atoms with E-state index in [1.807, 2.05) is 53.4 Å². The zero-order chi connectivity index (χ0) is 24.5. The van der Waals surface area contributed by atoms with E-state index in [1.54, 1.807) is 6.33 Å². The van der Waals surface area contributed by atoms with Crippen molar-refractivity contribution in [1.29, 1.82) is 0 Å². The van der Waals surface area contributed by atoms with Crippen LogP contribution in [0.25, 0.3) is 22.2 Å². The second-order valence-corrected chi connectivity index (χ2v) is 9.41. The summed E-state index contributed by atoms with van der Waals surface area (Å²) in [4.78, 5) is 31.2. The molecule has 0 N–H and O–H groups in total. The Bertz CT molecular complexity index is 1360. The second kappa shape index (κ2) is 9.58. The SMILES string of the molecule is CN1CCN(c2cc(N3CCN(C(=O)c4ccc5noc(-c6ccccc6)c5c4)CC3)ncn2)CC1. The molecule has 0 atom stereocenters. The van der Waals surface area contributed by atoms with E-state index in [0.29, 0.717) is 24.4 Å². The van der Waals surface area contributed by atoms with E-state index in [4.69, 9.17) is 4.52 Å². The molecule has 9 nitrogen and oxygen atoms in total. The van der Waals surface area contributed by atoms with Gasteiger partial charge in [0.05, 0.1) is 5.39 Å². The van der Waals surface area contributed by atoms with Crippen molar-refractivity contribution < 1.29 is 9.32 Å². The van der Waals surface area contributed by atoms with Gasteiger partial charge in [0.25, 0.3) is 5.91 Å². The van der Waals surface area contributed by atoms with E-state index in [9.17, 15) is 4.79 Å². The van der Waals surface area contributed by atoms with Crippen molar-refractivity contribution >= 4 is 28.4 Å². The smallest absolute Gasteiger partial charge is 0.254 e. The van der Waals surface area contributed by atoms with Crippen LogP contribution >= 0.6 is 0 Å². The van der Waals surface area contributed by atoms with Crippen molar-refractivity contribution in [3.8, 4) is 11.3 Å². The summed E-state index contributed by atoms with van der Waals surface area (Å²) in [6.45, 7) is 6.75. The third-order valence-corrected chi connectivity index (χ3v) is 7.12. The van der Waals surface area contributed by atoms with Crippen molar-refractivity contribution in [1.82, 2.24) is 24.9 Å². The first-order valence-electron chi connectivity index (χ1n) is 12.4. The Labute approximate surface area is 209 Å². The molecular formula is C27H29N7O2. The Morgan fingerprint density at radius 2 is 1.47 bits per heavy atom. The number of anilines is 2. The van der Waals surface area contributed by atoms with Crippen molar-refractivity contribution in [2.24, 2.45) is 0 Å². The number of benzene rings is 2. The molecule has 0 saturated carbocycles. The van der Waals surface area contributed by atoms with Crippen LogP contribution in [0.1, 0.15) is 10.4 Å². The Morgan fingerprint density at radius 1 is 0.806 bits per heavy atom. The Morgan fingerprint density at radius 3 is 2.17 bits per heavy atom. The molecule has 0 aliphatic carbocycles. The highest BCUT2D eigenvalue weighted by Gasteiger charge is 2.25. The number of nitrogens with zero attached hydrogens (tertiary/aromatic N) is 7. The number of carbonyl (C=O) groups excluding carboxylic acids is 1. The van der Waals surface area contributed by atoms with E-state index in [1.165, 1.54) is 0 Å². The van der Waals surface area contributed by atoms with Gasteiger partial charge in [-0.25, -0.2) is 9.97 Å². The summed E-state index contributed by atoms with van der Waals surface area (Å²) in [5.74, 6) is 2.61. The van der Waals surface area contributed by atoms with Crippen LogP contribution < -0.4 is 9.80 Å². The van der Waals surface area contributed by atoms with Crippen molar-refractivity contribution in [3.05, 3.63) is 66.5 Å². The summed E-state index contributed by atoms with van der Waals surface area (Å²) in [7, 11) is 2.15. The molecule has 2 aliphatic heterocycles. The summed E-state index contributed by atoms with van der Waals surface area (Å²) < 4.78 is 5.60. The van der Waals surface area contributed by atoms with Gasteiger partial charge in [0.15, 0.2) is 5.76 Å². The van der Waals surface area contributed by atoms with Crippen LogP contribution in [0.3, 0.4) is 0 Å². The van der Waals surface area contributed by atoms with E-state index in [2.05, 4.69) is 42.9 Å². The first-order valence-corrected chi connectivity index (χ1v) is 12.4. The third-order valence-electron chi connectivity index (χ3n) is 7.12. The molecule has 2 saturated heterocycles. The molecule has 0 radical (unpaired) electrons. The average molecular weight is 484 g/mol. The Hall–Kier alpha value is -3.98. The molecular weight excluding hydrogens is 454 g/mol. The van der Waals surface area contributed by atoms with Gasteiger partial charge in [-0.15, -0.1) is 0 Å². The molecule has 36 heavy (non-hydrogen) atoms. The van der Waals surface area contributed by atoms with Gasteiger partial charge in [-0.2, -0.15) is 0 Å². The van der Waals surface area contributed by atoms with Gasteiger partial charge >= 0.3 is 0 Å². The molecule has 2 fully saturated rings. The quantitative estimate of drug-likeness (QED) is 0.438. The molecule has 2 aliphatic rings. The van der Waals surface area contributed by atoms with Crippen LogP contribution in [-0.4, -0.2) is 90.2 Å².